The molecule has 0 unspecified atom stereocenters. The standard InChI is InChI=1S/C17H19N5O3/c1-9-10-5-7-22(15(10)19-8-18-9)16-14-13(24-17(2,3)25-14)12(23-16)11-4-6-20-21-11/h4-8,12-14,16H,1-3H3,(H,20,21)/t12-,13+,14+,16+/m0/s1. The van der Waals surface area contributed by atoms with Gasteiger partial charge in [-0.05, 0) is 32.9 Å². The number of aryl methyl sites for hydroxylation is 1. The van der Waals surface area contributed by atoms with Gasteiger partial charge in [-0.3, -0.25) is 5.10 Å². The van der Waals surface area contributed by atoms with Crippen LogP contribution >= 0.6 is 0 Å². The van der Waals surface area contributed by atoms with E-state index in [1.165, 1.54) is 0 Å². The summed E-state index contributed by atoms with van der Waals surface area (Å²) in [6.45, 7) is 5.82. The van der Waals surface area contributed by atoms with Crippen molar-refractivity contribution in [3.05, 3.63) is 42.2 Å². The molecule has 25 heavy (non-hydrogen) atoms. The Bertz CT molecular complexity index is 920. The summed E-state index contributed by atoms with van der Waals surface area (Å²) in [5.41, 5.74) is 2.64. The Balaban J connectivity index is 1.60. The zero-order chi connectivity index (χ0) is 17.2. The minimum absolute atomic E-state index is 0.221. The zero-order valence-corrected chi connectivity index (χ0v) is 14.2. The summed E-state index contributed by atoms with van der Waals surface area (Å²) in [6, 6.07) is 3.91. The molecule has 8 nitrogen and oxygen atoms in total. The molecule has 2 aliphatic heterocycles. The van der Waals surface area contributed by atoms with Crippen LogP contribution in [0, 0.1) is 6.92 Å². The predicted molar refractivity (Wildman–Crippen MR) is 87.5 cm³/mol. The molecule has 3 aromatic rings. The molecule has 2 aliphatic rings. The van der Waals surface area contributed by atoms with Crippen LogP contribution in [0.15, 0.2) is 30.9 Å². The number of aromatic amines is 1. The Morgan fingerprint density at radius 3 is 2.80 bits per heavy atom. The van der Waals surface area contributed by atoms with E-state index < -0.39 is 5.79 Å². The van der Waals surface area contributed by atoms with Gasteiger partial charge in [0.15, 0.2) is 12.0 Å². The lowest BCUT2D eigenvalue weighted by molar-refractivity contribution is -0.197. The average molecular weight is 341 g/mol. The van der Waals surface area contributed by atoms with E-state index in [1.54, 1.807) is 12.5 Å². The van der Waals surface area contributed by atoms with Crippen molar-refractivity contribution in [3.8, 4) is 0 Å². The monoisotopic (exact) mass is 341 g/mol. The fourth-order valence-electron chi connectivity index (χ4n) is 3.78. The first kappa shape index (κ1) is 15.0. The first-order valence-corrected chi connectivity index (χ1v) is 8.32. The van der Waals surface area contributed by atoms with Crippen molar-refractivity contribution in [1.29, 1.82) is 0 Å². The van der Waals surface area contributed by atoms with Crippen molar-refractivity contribution in [3.63, 3.8) is 0 Å². The molecule has 2 saturated heterocycles. The molecular formula is C17H19N5O3. The average Bonchev–Trinajstić information content (AvgIpc) is 3.30. The molecule has 4 atom stereocenters. The van der Waals surface area contributed by atoms with Crippen molar-refractivity contribution in [2.24, 2.45) is 0 Å². The number of nitrogens with one attached hydrogen (secondary N) is 1. The number of aromatic nitrogens is 5. The van der Waals surface area contributed by atoms with Gasteiger partial charge in [-0.15, -0.1) is 0 Å². The molecular weight excluding hydrogens is 322 g/mol. The van der Waals surface area contributed by atoms with Crippen molar-refractivity contribution >= 4 is 11.0 Å². The molecule has 0 radical (unpaired) electrons. The molecule has 0 saturated carbocycles. The molecule has 0 amide bonds. The Morgan fingerprint density at radius 2 is 2.00 bits per heavy atom. The Hall–Kier alpha value is -2.29. The summed E-state index contributed by atoms with van der Waals surface area (Å²) in [5, 5.41) is 8.03. The van der Waals surface area contributed by atoms with Crippen molar-refractivity contribution < 1.29 is 14.2 Å². The van der Waals surface area contributed by atoms with Gasteiger partial charge in [-0.25, -0.2) is 9.97 Å². The minimum Gasteiger partial charge on any atom is -0.343 e. The van der Waals surface area contributed by atoms with E-state index in [0.717, 1.165) is 22.4 Å². The Kier molecular flexibility index (Phi) is 3.06. The first-order chi connectivity index (χ1) is 12.0. The Morgan fingerprint density at radius 1 is 1.16 bits per heavy atom. The van der Waals surface area contributed by atoms with E-state index >= 15 is 0 Å². The van der Waals surface area contributed by atoms with Crippen LogP contribution in [-0.4, -0.2) is 42.7 Å². The molecule has 1 N–H and O–H groups in total. The highest BCUT2D eigenvalue weighted by molar-refractivity contribution is 5.78. The number of nitrogens with zero attached hydrogens (tertiary/aromatic N) is 4. The van der Waals surface area contributed by atoms with Crippen LogP contribution in [0.25, 0.3) is 11.0 Å². The highest BCUT2D eigenvalue weighted by atomic mass is 16.8. The van der Waals surface area contributed by atoms with Gasteiger partial charge in [0.25, 0.3) is 0 Å². The fourth-order valence-corrected chi connectivity index (χ4v) is 3.78. The second kappa shape index (κ2) is 5.10. The van der Waals surface area contributed by atoms with E-state index in [0.29, 0.717) is 0 Å². The number of fused-ring (bicyclic) bond motifs is 2. The van der Waals surface area contributed by atoms with Gasteiger partial charge < -0.3 is 18.8 Å². The lowest BCUT2D eigenvalue weighted by Crippen LogP contribution is -2.27. The van der Waals surface area contributed by atoms with E-state index in [9.17, 15) is 0 Å². The summed E-state index contributed by atoms with van der Waals surface area (Å²) in [6.07, 6.45) is 4.17. The topological polar surface area (TPSA) is 87.1 Å². The summed E-state index contributed by atoms with van der Waals surface area (Å²) < 4.78 is 20.6. The molecule has 0 aromatic carbocycles. The summed E-state index contributed by atoms with van der Waals surface area (Å²) in [5.74, 6) is -0.663. The first-order valence-electron chi connectivity index (χ1n) is 8.32. The lowest BCUT2D eigenvalue weighted by Gasteiger charge is -2.24. The highest BCUT2D eigenvalue weighted by Gasteiger charge is 2.56. The van der Waals surface area contributed by atoms with Gasteiger partial charge in [-0.2, -0.15) is 5.10 Å². The van der Waals surface area contributed by atoms with Crippen molar-refractivity contribution in [2.75, 3.05) is 0 Å². The quantitative estimate of drug-likeness (QED) is 0.769. The third-order valence-corrected chi connectivity index (χ3v) is 4.84. The molecule has 2 fully saturated rings. The van der Waals surface area contributed by atoms with Gasteiger partial charge in [0.2, 0.25) is 0 Å². The minimum atomic E-state index is -0.663. The predicted octanol–water partition coefficient (Wildman–Crippen LogP) is 2.25. The molecule has 5 rings (SSSR count). The van der Waals surface area contributed by atoms with Crippen molar-refractivity contribution in [1.82, 2.24) is 24.7 Å². The van der Waals surface area contributed by atoms with Crippen molar-refractivity contribution in [2.45, 2.75) is 51.1 Å². The summed E-state index contributed by atoms with van der Waals surface area (Å²) in [7, 11) is 0. The number of ether oxygens (including phenoxy) is 3. The summed E-state index contributed by atoms with van der Waals surface area (Å²) in [4.78, 5) is 8.70. The molecule has 130 valence electrons. The van der Waals surface area contributed by atoms with E-state index in [4.69, 9.17) is 14.2 Å². The van der Waals surface area contributed by atoms with Gasteiger partial charge in [0.1, 0.15) is 30.3 Å². The van der Waals surface area contributed by atoms with Crippen LogP contribution < -0.4 is 0 Å². The summed E-state index contributed by atoms with van der Waals surface area (Å²) >= 11 is 0. The van der Waals surface area contributed by atoms with Crippen LogP contribution in [0.4, 0.5) is 0 Å². The molecule has 0 aliphatic carbocycles. The number of hydrogen-bond acceptors (Lipinski definition) is 6. The van der Waals surface area contributed by atoms with E-state index in [2.05, 4.69) is 20.2 Å². The van der Waals surface area contributed by atoms with E-state index in [1.807, 2.05) is 43.7 Å². The molecule has 8 heteroatoms. The number of H-pyrrole nitrogens is 1. The van der Waals surface area contributed by atoms with Gasteiger partial charge >= 0.3 is 0 Å². The number of rotatable bonds is 2. The SMILES string of the molecule is Cc1ncnc2c1ccn2[C@@H]1O[C@@H](c2ccn[nH]2)[C@H]2OC(C)(C)O[C@H]21. The molecule has 3 aromatic heterocycles. The zero-order valence-electron chi connectivity index (χ0n) is 14.2. The second-order valence-corrected chi connectivity index (χ2v) is 6.94. The van der Waals surface area contributed by atoms with E-state index in [-0.39, 0.29) is 24.5 Å². The van der Waals surface area contributed by atoms with Crippen LogP contribution in [0.1, 0.15) is 37.6 Å². The highest BCUT2D eigenvalue weighted by Crippen LogP contribution is 2.49. The van der Waals surface area contributed by atoms with Gasteiger partial charge in [0, 0.05) is 17.8 Å². The lowest BCUT2D eigenvalue weighted by atomic mass is 10.1. The van der Waals surface area contributed by atoms with Crippen LogP contribution in [-0.2, 0) is 14.2 Å². The van der Waals surface area contributed by atoms with Gasteiger partial charge in [0.05, 0.1) is 11.4 Å². The van der Waals surface area contributed by atoms with Crippen LogP contribution in [0.5, 0.6) is 0 Å². The maximum atomic E-state index is 6.34. The molecule has 0 spiro atoms. The smallest absolute Gasteiger partial charge is 0.165 e. The molecule has 5 heterocycles. The van der Waals surface area contributed by atoms with Gasteiger partial charge in [-0.1, -0.05) is 0 Å². The van der Waals surface area contributed by atoms with Crippen LogP contribution in [0.2, 0.25) is 0 Å². The molecule has 0 bridgehead atoms. The number of hydrogen-bond donors (Lipinski definition) is 1. The largest absolute Gasteiger partial charge is 0.343 e. The Labute approximate surface area is 144 Å². The maximum Gasteiger partial charge on any atom is 0.165 e. The second-order valence-electron chi connectivity index (χ2n) is 6.94. The maximum absolute atomic E-state index is 6.34. The third kappa shape index (κ3) is 2.21. The van der Waals surface area contributed by atoms with Crippen LogP contribution in [0.3, 0.4) is 0 Å². The normalized spacial score (nSPS) is 30.8. The fraction of sp³-hybridized carbons (Fsp3) is 0.471. The third-order valence-electron chi connectivity index (χ3n) is 4.84.